The number of nitrogen functional groups attached to an aromatic ring is 1. The van der Waals surface area contributed by atoms with Gasteiger partial charge in [-0.2, -0.15) is 4.98 Å². The van der Waals surface area contributed by atoms with Gasteiger partial charge in [-0.05, 0) is 30.2 Å². The monoisotopic (exact) mass is 349 g/mol. The molecule has 0 saturated carbocycles. The Labute approximate surface area is 144 Å². The van der Waals surface area contributed by atoms with Crippen molar-refractivity contribution in [3.63, 3.8) is 0 Å². The van der Waals surface area contributed by atoms with Gasteiger partial charge in [0.1, 0.15) is 5.82 Å². The number of rotatable bonds is 5. The van der Waals surface area contributed by atoms with Crippen LogP contribution in [0.25, 0.3) is 0 Å². The average Bonchev–Trinajstić information content (AvgIpc) is 2.60. The molecule has 1 fully saturated rings. The van der Waals surface area contributed by atoms with E-state index < -0.39 is 11.6 Å². The third kappa shape index (κ3) is 4.21. The summed E-state index contributed by atoms with van der Waals surface area (Å²) in [6.07, 6.45) is 2.20. The van der Waals surface area contributed by atoms with Crippen LogP contribution in [0.1, 0.15) is 12.0 Å². The molecule has 0 radical (unpaired) electrons. The summed E-state index contributed by atoms with van der Waals surface area (Å²) < 4.78 is 26.5. The van der Waals surface area contributed by atoms with Gasteiger partial charge in [-0.25, -0.2) is 13.8 Å². The molecule has 1 atom stereocenters. The molecule has 0 aliphatic carbocycles. The number of hydrogen-bond donors (Lipinski definition) is 2. The minimum absolute atomic E-state index is 0.0543. The van der Waals surface area contributed by atoms with E-state index in [0.717, 1.165) is 18.4 Å². The molecule has 2 heterocycles. The lowest BCUT2D eigenvalue weighted by Crippen LogP contribution is -2.53. The van der Waals surface area contributed by atoms with Crippen LogP contribution in [0.15, 0.2) is 30.5 Å². The smallest absolute Gasteiger partial charge is 0.221 e. The molecule has 6 nitrogen and oxygen atoms in total. The lowest BCUT2D eigenvalue weighted by atomic mass is 10.1. The number of aliphatic hydroxyl groups is 1. The van der Waals surface area contributed by atoms with E-state index in [1.54, 1.807) is 18.3 Å². The zero-order valence-electron chi connectivity index (χ0n) is 13.8. The minimum atomic E-state index is -0.846. The number of halogens is 2. The first kappa shape index (κ1) is 17.5. The number of aliphatic hydroxyl groups excluding tert-OH is 1. The summed E-state index contributed by atoms with van der Waals surface area (Å²) in [4.78, 5) is 12.4. The Kier molecular flexibility index (Phi) is 5.40. The van der Waals surface area contributed by atoms with Crippen LogP contribution >= 0.6 is 0 Å². The fourth-order valence-electron chi connectivity index (χ4n) is 3.14. The van der Waals surface area contributed by atoms with Crippen LogP contribution in [-0.4, -0.2) is 52.3 Å². The zero-order chi connectivity index (χ0) is 17.8. The first-order chi connectivity index (χ1) is 12.1. The topological polar surface area (TPSA) is 78.5 Å². The Hall–Kier alpha value is -2.32. The number of anilines is 2. The van der Waals surface area contributed by atoms with Crippen molar-refractivity contribution in [2.75, 3.05) is 36.9 Å². The molecule has 1 aromatic heterocycles. The molecule has 0 unspecified atom stereocenters. The second kappa shape index (κ2) is 7.71. The van der Waals surface area contributed by atoms with Gasteiger partial charge >= 0.3 is 0 Å². The maximum absolute atomic E-state index is 13.4. The quantitative estimate of drug-likeness (QED) is 0.850. The van der Waals surface area contributed by atoms with Crippen LogP contribution < -0.4 is 10.6 Å². The molecule has 1 aliphatic rings. The van der Waals surface area contributed by atoms with Gasteiger partial charge in [0.15, 0.2) is 11.6 Å². The molecule has 1 aromatic carbocycles. The summed E-state index contributed by atoms with van der Waals surface area (Å²) in [5, 5.41) is 9.38. The van der Waals surface area contributed by atoms with Gasteiger partial charge in [0.05, 0.1) is 0 Å². The van der Waals surface area contributed by atoms with E-state index in [0.29, 0.717) is 31.6 Å². The van der Waals surface area contributed by atoms with Crippen molar-refractivity contribution in [3.05, 3.63) is 47.7 Å². The van der Waals surface area contributed by atoms with Gasteiger partial charge in [-0.3, -0.25) is 4.90 Å². The maximum Gasteiger partial charge on any atom is 0.221 e. The minimum Gasteiger partial charge on any atom is -0.396 e. The molecular formula is C17H21F2N5O. The predicted molar refractivity (Wildman–Crippen MR) is 90.9 cm³/mol. The number of piperazine rings is 1. The summed E-state index contributed by atoms with van der Waals surface area (Å²) in [7, 11) is 0. The summed E-state index contributed by atoms with van der Waals surface area (Å²) in [5.74, 6) is -0.712. The number of benzene rings is 1. The van der Waals surface area contributed by atoms with Gasteiger partial charge in [-0.15, -0.1) is 0 Å². The van der Waals surface area contributed by atoms with Gasteiger partial charge < -0.3 is 15.7 Å². The van der Waals surface area contributed by atoms with E-state index in [2.05, 4.69) is 19.8 Å². The Morgan fingerprint density at radius 2 is 2.04 bits per heavy atom. The standard InChI is InChI=1S/C17H21F2N5O/c18-14-2-1-12(9-15(14)19)10-23-6-7-24(11-13(23)4-8-25)16-3-5-21-17(20)22-16/h1-3,5,9,13,25H,4,6-8,10-11H2,(H2,20,21,22)/t13-/m1/s1. The average molecular weight is 349 g/mol. The molecule has 2 aromatic rings. The van der Waals surface area contributed by atoms with Crippen molar-refractivity contribution < 1.29 is 13.9 Å². The number of nitrogens with zero attached hydrogens (tertiary/aromatic N) is 4. The summed E-state index contributed by atoms with van der Waals surface area (Å²) in [5.41, 5.74) is 6.36. The van der Waals surface area contributed by atoms with Crippen LogP contribution in [0.2, 0.25) is 0 Å². The van der Waals surface area contributed by atoms with E-state index in [-0.39, 0.29) is 18.6 Å². The number of nitrogens with two attached hydrogens (primary N) is 1. The fourth-order valence-corrected chi connectivity index (χ4v) is 3.14. The van der Waals surface area contributed by atoms with Crippen LogP contribution in [0.5, 0.6) is 0 Å². The van der Waals surface area contributed by atoms with E-state index in [4.69, 9.17) is 5.73 Å². The molecule has 3 rings (SSSR count). The highest BCUT2D eigenvalue weighted by Crippen LogP contribution is 2.21. The van der Waals surface area contributed by atoms with Crippen molar-refractivity contribution in [1.82, 2.24) is 14.9 Å². The maximum atomic E-state index is 13.4. The Morgan fingerprint density at radius 1 is 1.20 bits per heavy atom. The lowest BCUT2D eigenvalue weighted by Gasteiger charge is -2.42. The first-order valence-electron chi connectivity index (χ1n) is 8.19. The van der Waals surface area contributed by atoms with Gasteiger partial charge in [-0.1, -0.05) is 6.07 Å². The van der Waals surface area contributed by atoms with Crippen molar-refractivity contribution in [2.45, 2.75) is 19.0 Å². The van der Waals surface area contributed by atoms with E-state index in [1.807, 2.05) is 0 Å². The molecule has 0 spiro atoms. The van der Waals surface area contributed by atoms with Gasteiger partial charge in [0, 0.05) is 45.0 Å². The Balaban J connectivity index is 1.72. The molecule has 8 heteroatoms. The zero-order valence-corrected chi connectivity index (χ0v) is 13.8. The molecule has 1 saturated heterocycles. The van der Waals surface area contributed by atoms with Crippen LogP contribution in [0.4, 0.5) is 20.5 Å². The van der Waals surface area contributed by atoms with E-state index in [9.17, 15) is 13.9 Å². The molecule has 134 valence electrons. The van der Waals surface area contributed by atoms with Crippen LogP contribution in [-0.2, 0) is 6.54 Å². The highest BCUT2D eigenvalue weighted by Gasteiger charge is 2.27. The van der Waals surface area contributed by atoms with Gasteiger partial charge in [0.25, 0.3) is 0 Å². The number of aromatic nitrogens is 2. The summed E-state index contributed by atoms with van der Waals surface area (Å²) in [6, 6.07) is 5.83. The molecule has 0 amide bonds. The van der Waals surface area contributed by atoms with Crippen LogP contribution in [0.3, 0.4) is 0 Å². The van der Waals surface area contributed by atoms with Crippen molar-refractivity contribution in [3.8, 4) is 0 Å². The van der Waals surface area contributed by atoms with Gasteiger partial charge in [0.2, 0.25) is 5.95 Å². The lowest BCUT2D eigenvalue weighted by molar-refractivity contribution is 0.135. The predicted octanol–water partition coefficient (Wildman–Crippen LogP) is 1.41. The van der Waals surface area contributed by atoms with E-state index in [1.165, 1.54) is 6.07 Å². The molecule has 0 bridgehead atoms. The van der Waals surface area contributed by atoms with Crippen molar-refractivity contribution in [1.29, 1.82) is 0 Å². The van der Waals surface area contributed by atoms with E-state index >= 15 is 0 Å². The third-order valence-electron chi connectivity index (χ3n) is 4.42. The molecule has 25 heavy (non-hydrogen) atoms. The fraction of sp³-hybridized carbons (Fsp3) is 0.412. The Bertz CT molecular complexity index is 730. The van der Waals surface area contributed by atoms with Crippen LogP contribution in [0, 0.1) is 11.6 Å². The SMILES string of the molecule is Nc1nccc(N2CCN(Cc3ccc(F)c(F)c3)[C@H](CCO)C2)n1. The molecule has 3 N–H and O–H groups in total. The number of hydrogen-bond acceptors (Lipinski definition) is 6. The second-order valence-corrected chi connectivity index (χ2v) is 6.10. The second-order valence-electron chi connectivity index (χ2n) is 6.10. The highest BCUT2D eigenvalue weighted by molar-refractivity contribution is 5.41. The summed E-state index contributed by atoms with van der Waals surface area (Å²) >= 11 is 0. The summed E-state index contributed by atoms with van der Waals surface area (Å²) in [6.45, 7) is 2.66. The normalized spacial score (nSPS) is 18.5. The Morgan fingerprint density at radius 3 is 2.76 bits per heavy atom. The van der Waals surface area contributed by atoms with Crippen molar-refractivity contribution in [2.24, 2.45) is 0 Å². The molecule has 1 aliphatic heterocycles. The van der Waals surface area contributed by atoms with Crippen molar-refractivity contribution >= 4 is 11.8 Å². The highest BCUT2D eigenvalue weighted by atomic mass is 19.2. The first-order valence-corrected chi connectivity index (χ1v) is 8.19. The molecular weight excluding hydrogens is 328 g/mol. The largest absolute Gasteiger partial charge is 0.396 e. The third-order valence-corrected chi connectivity index (χ3v) is 4.42.